The molecule has 3 fully saturated rings. The summed E-state index contributed by atoms with van der Waals surface area (Å²) >= 11 is 0. The summed E-state index contributed by atoms with van der Waals surface area (Å²) < 4.78 is 5.56. The van der Waals surface area contributed by atoms with E-state index in [-0.39, 0.29) is 23.6 Å². The first kappa shape index (κ1) is 24.3. The normalized spacial score (nSPS) is 43.1. The van der Waals surface area contributed by atoms with Gasteiger partial charge >= 0.3 is 5.97 Å². The fourth-order valence-corrected chi connectivity index (χ4v) is 8.70. The number of aliphatic hydroxyl groups excluding tert-OH is 1. The summed E-state index contributed by atoms with van der Waals surface area (Å²) in [6, 6.07) is 0. The molecule has 0 spiro atoms. The first-order chi connectivity index (χ1) is 15.3. The first-order valence-corrected chi connectivity index (χ1v) is 13.9. The molecule has 0 aromatic rings. The molecule has 0 aliphatic heterocycles. The zero-order chi connectivity index (χ0) is 22.9. The quantitative estimate of drug-likeness (QED) is 0.244. The number of carbonyl (C=O) groups excluding carboxylic acids is 1. The summed E-state index contributed by atoms with van der Waals surface area (Å²) in [5.41, 5.74) is 1.97. The van der Waals surface area contributed by atoms with E-state index in [1.54, 1.807) is 0 Å². The molecule has 0 heterocycles. The van der Waals surface area contributed by atoms with E-state index in [1.165, 1.54) is 83.1 Å². The number of hydrogen-bond acceptors (Lipinski definition) is 3. The predicted octanol–water partition coefficient (Wildman–Crippen LogP) is 7.22. The Hall–Kier alpha value is -0.830. The summed E-state index contributed by atoms with van der Waals surface area (Å²) in [4.78, 5) is 11.5. The summed E-state index contributed by atoms with van der Waals surface area (Å²) in [7, 11) is 0. The second-order valence-electron chi connectivity index (χ2n) is 12.2. The summed E-state index contributed by atoms with van der Waals surface area (Å²) in [5.74, 6) is 2.35. The van der Waals surface area contributed by atoms with Gasteiger partial charge in [-0.15, -0.1) is 0 Å². The van der Waals surface area contributed by atoms with Crippen molar-refractivity contribution in [3.05, 3.63) is 11.6 Å². The first-order valence-electron chi connectivity index (χ1n) is 13.9. The maximum atomic E-state index is 11.5. The van der Waals surface area contributed by atoms with Gasteiger partial charge in [-0.3, -0.25) is 4.79 Å². The lowest BCUT2D eigenvalue weighted by molar-refractivity contribution is -0.149. The average Bonchev–Trinajstić information content (AvgIpc) is 3.07. The van der Waals surface area contributed by atoms with E-state index in [1.807, 2.05) is 0 Å². The second kappa shape index (κ2) is 9.80. The minimum absolute atomic E-state index is 0.00220. The van der Waals surface area contributed by atoms with Crippen LogP contribution in [0, 0.1) is 34.5 Å². The van der Waals surface area contributed by atoms with Gasteiger partial charge in [0.15, 0.2) is 0 Å². The molecule has 4 aliphatic rings. The topological polar surface area (TPSA) is 46.5 Å². The lowest BCUT2D eigenvalue weighted by Crippen LogP contribution is -2.54. The van der Waals surface area contributed by atoms with Crippen molar-refractivity contribution in [3.8, 4) is 0 Å². The van der Waals surface area contributed by atoms with Gasteiger partial charge in [0.25, 0.3) is 0 Å². The minimum Gasteiger partial charge on any atom is -0.462 e. The SMILES string of the molecule is CCCCCCCC[C@H]1CC[C@H]2[C@@H]3[C@@H](O)C=C4C[C@@H](OC(C)=O)CC[C@]4(C)[C@H]3CC[C@]12C. The van der Waals surface area contributed by atoms with E-state index in [0.29, 0.717) is 23.2 Å². The van der Waals surface area contributed by atoms with E-state index in [9.17, 15) is 9.90 Å². The van der Waals surface area contributed by atoms with E-state index in [2.05, 4.69) is 26.8 Å². The highest BCUT2D eigenvalue weighted by atomic mass is 16.5. The fraction of sp³-hybridized carbons (Fsp3) is 0.897. The van der Waals surface area contributed by atoms with Gasteiger partial charge in [-0.05, 0) is 79.4 Å². The molecule has 0 aromatic carbocycles. The van der Waals surface area contributed by atoms with Crippen LogP contribution in [0.4, 0.5) is 0 Å². The summed E-state index contributed by atoms with van der Waals surface area (Å²) in [6.45, 7) is 8.84. The molecule has 0 aromatic heterocycles. The third-order valence-electron chi connectivity index (χ3n) is 10.5. The third-order valence-corrected chi connectivity index (χ3v) is 10.5. The molecule has 32 heavy (non-hydrogen) atoms. The van der Waals surface area contributed by atoms with Crippen molar-refractivity contribution >= 4 is 5.97 Å². The Kier molecular flexibility index (Phi) is 7.45. The van der Waals surface area contributed by atoms with E-state index < -0.39 is 0 Å². The molecule has 0 amide bonds. The molecule has 1 N–H and O–H groups in total. The zero-order valence-corrected chi connectivity index (χ0v) is 21.2. The molecule has 4 rings (SSSR count). The highest BCUT2D eigenvalue weighted by Crippen LogP contribution is 2.66. The van der Waals surface area contributed by atoms with Gasteiger partial charge in [0.1, 0.15) is 6.10 Å². The molecule has 0 radical (unpaired) electrons. The highest BCUT2D eigenvalue weighted by molar-refractivity contribution is 5.66. The Balaban J connectivity index is 1.43. The summed E-state index contributed by atoms with van der Waals surface area (Å²) in [5, 5.41) is 11.4. The van der Waals surface area contributed by atoms with Crippen LogP contribution in [0.15, 0.2) is 11.6 Å². The standard InChI is InChI=1S/C29H48O3/c1-5-6-7-8-9-10-11-21-12-13-24-27-25(15-17-28(21,24)3)29(4)16-14-23(32-20(2)30)18-22(29)19-26(27)31/h19,21,23-27,31H,5-18H2,1-4H3/t21-,23-,24-,25-,26-,27-,28+,29-/m0/s1. The van der Waals surface area contributed by atoms with E-state index in [0.717, 1.165) is 25.2 Å². The van der Waals surface area contributed by atoms with Crippen molar-refractivity contribution in [2.24, 2.45) is 34.5 Å². The van der Waals surface area contributed by atoms with Crippen LogP contribution in [-0.2, 0) is 9.53 Å². The van der Waals surface area contributed by atoms with Crippen molar-refractivity contribution in [2.45, 2.75) is 130 Å². The van der Waals surface area contributed by atoms with Crippen LogP contribution < -0.4 is 0 Å². The van der Waals surface area contributed by atoms with Gasteiger partial charge < -0.3 is 9.84 Å². The number of carbonyl (C=O) groups is 1. The monoisotopic (exact) mass is 444 g/mol. The Labute approximate surface area is 196 Å². The second-order valence-corrected chi connectivity index (χ2v) is 12.2. The molecule has 0 saturated heterocycles. The fourth-order valence-electron chi connectivity index (χ4n) is 8.70. The smallest absolute Gasteiger partial charge is 0.302 e. The minimum atomic E-state index is -0.323. The molecule has 3 nitrogen and oxygen atoms in total. The van der Waals surface area contributed by atoms with Crippen LogP contribution in [0.3, 0.4) is 0 Å². The molecule has 0 bridgehead atoms. The molecule has 8 atom stereocenters. The molecule has 182 valence electrons. The van der Waals surface area contributed by atoms with Gasteiger partial charge in [0.2, 0.25) is 0 Å². The van der Waals surface area contributed by atoms with Crippen LogP contribution in [0.25, 0.3) is 0 Å². The van der Waals surface area contributed by atoms with Gasteiger partial charge in [-0.1, -0.05) is 70.9 Å². The van der Waals surface area contributed by atoms with Crippen LogP contribution in [0.1, 0.15) is 118 Å². The summed E-state index contributed by atoms with van der Waals surface area (Å²) in [6.07, 6.45) is 19.7. The Morgan fingerprint density at radius 3 is 2.53 bits per heavy atom. The molecule has 3 saturated carbocycles. The van der Waals surface area contributed by atoms with Gasteiger partial charge in [-0.25, -0.2) is 0 Å². The third kappa shape index (κ3) is 4.44. The molecular weight excluding hydrogens is 396 g/mol. The average molecular weight is 445 g/mol. The van der Waals surface area contributed by atoms with Gasteiger partial charge in [-0.2, -0.15) is 0 Å². The number of aliphatic hydroxyl groups is 1. The molecule has 4 aliphatic carbocycles. The van der Waals surface area contributed by atoms with E-state index >= 15 is 0 Å². The zero-order valence-electron chi connectivity index (χ0n) is 21.2. The maximum Gasteiger partial charge on any atom is 0.302 e. The van der Waals surface area contributed by atoms with Crippen molar-refractivity contribution in [3.63, 3.8) is 0 Å². The highest BCUT2D eigenvalue weighted by Gasteiger charge is 2.60. The largest absolute Gasteiger partial charge is 0.462 e. The Bertz CT molecular complexity index is 699. The number of rotatable bonds is 8. The number of fused-ring (bicyclic) bond motifs is 5. The van der Waals surface area contributed by atoms with Gasteiger partial charge in [0.05, 0.1) is 6.10 Å². The molecule has 3 heteroatoms. The lowest BCUT2D eigenvalue weighted by atomic mass is 9.46. The Morgan fingerprint density at radius 1 is 1.03 bits per heavy atom. The van der Waals surface area contributed by atoms with Crippen LogP contribution in [-0.4, -0.2) is 23.3 Å². The van der Waals surface area contributed by atoms with Crippen molar-refractivity contribution in [2.75, 3.05) is 0 Å². The maximum absolute atomic E-state index is 11.5. The number of esters is 1. The van der Waals surface area contributed by atoms with Crippen LogP contribution >= 0.6 is 0 Å². The number of ether oxygens (including phenoxy) is 1. The van der Waals surface area contributed by atoms with Gasteiger partial charge in [0, 0.05) is 13.3 Å². The van der Waals surface area contributed by atoms with Crippen molar-refractivity contribution < 1.29 is 14.6 Å². The number of unbranched alkanes of at least 4 members (excludes halogenated alkanes) is 5. The molecule has 0 unspecified atom stereocenters. The lowest BCUT2D eigenvalue weighted by Gasteiger charge is -2.59. The van der Waals surface area contributed by atoms with Crippen LogP contribution in [0.2, 0.25) is 0 Å². The van der Waals surface area contributed by atoms with Crippen LogP contribution in [0.5, 0.6) is 0 Å². The predicted molar refractivity (Wildman–Crippen MR) is 130 cm³/mol. The van der Waals surface area contributed by atoms with E-state index in [4.69, 9.17) is 4.74 Å². The van der Waals surface area contributed by atoms with Crippen molar-refractivity contribution in [1.82, 2.24) is 0 Å². The number of hydrogen-bond donors (Lipinski definition) is 1. The molecular formula is C29H48O3. The van der Waals surface area contributed by atoms with Crippen molar-refractivity contribution in [1.29, 1.82) is 0 Å². The Morgan fingerprint density at radius 2 is 1.78 bits per heavy atom.